The van der Waals surface area contributed by atoms with E-state index in [1.165, 1.54) is 0 Å². The number of aliphatic carboxylic acids is 1. The van der Waals surface area contributed by atoms with Gasteiger partial charge in [-0.25, -0.2) is 4.79 Å². The predicted molar refractivity (Wildman–Crippen MR) is 128 cm³/mol. The van der Waals surface area contributed by atoms with Crippen molar-refractivity contribution in [1.82, 2.24) is 10.6 Å². The lowest BCUT2D eigenvalue weighted by molar-refractivity contribution is -0.142. The van der Waals surface area contributed by atoms with Crippen LogP contribution in [-0.2, 0) is 14.3 Å². The van der Waals surface area contributed by atoms with Gasteiger partial charge in [0.1, 0.15) is 12.6 Å². The molecule has 3 N–H and O–H groups in total. The van der Waals surface area contributed by atoms with E-state index in [-0.39, 0.29) is 30.9 Å². The molecule has 34 heavy (non-hydrogen) atoms. The number of carboxylic acid groups (broad SMARTS) is 1. The largest absolute Gasteiger partial charge is 0.481 e. The molecule has 0 heterocycles. The van der Waals surface area contributed by atoms with Crippen molar-refractivity contribution < 1.29 is 24.2 Å². The van der Waals surface area contributed by atoms with Gasteiger partial charge in [0.2, 0.25) is 5.91 Å². The van der Waals surface area contributed by atoms with Crippen LogP contribution < -0.4 is 10.6 Å². The maximum atomic E-state index is 12.9. The minimum absolute atomic E-state index is 0.0370. The van der Waals surface area contributed by atoms with Crippen molar-refractivity contribution in [3.63, 3.8) is 0 Å². The van der Waals surface area contributed by atoms with E-state index in [2.05, 4.69) is 34.9 Å². The Bertz CT molecular complexity index is 1000. The number of carboxylic acids is 1. The van der Waals surface area contributed by atoms with Gasteiger partial charge in [-0.15, -0.1) is 0 Å². The second kappa shape index (κ2) is 10.7. The number of nitrogens with one attached hydrogen (secondary N) is 2. The summed E-state index contributed by atoms with van der Waals surface area (Å²) in [5.74, 6) is -1.92. The molecule has 0 aromatic heterocycles. The molecule has 2 aromatic rings. The van der Waals surface area contributed by atoms with Crippen molar-refractivity contribution in [2.45, 2.75) is 51.0 Å². The molecule has 1 saturated carbocycles. The van der Waals surface area contributed by atoms with E-state index < -0.39 is 24.0 Å². The second-order valence-corrected chi connectivity index (χ2v) is 9.21. The first-order valence-electron chi connectivity index (χ1n) is 12.1. The first-order chi connectivity index (χ1) is 16.5. The van der Waals surface area contributed by atoms with Gasteiger partial charge in [-0.05, 0) is 47.4 Å². The van der Waals surface area contributed by atoms with Crippen molar-refractivity contribution in [3.05, 3.63) is 59.7 Å². The molecule has 4 rings (SSSR count). The molecular weight excluding hydrogens is 432 g/mol. The van der Waals surface area contributed by atoms with Gasteiger partial charge in [0.25, 0.3) is 0 Å². The minimum Gasteiger partial charge on any atom is -0.481 e. The number of amides is 2. The van der Waals surface area contributed by atoms with Gasteiger partial charge in [-0.3, -0.25) is 9.59 Å². The van der Waals surface area contributed by atoms with Crippen LogP contribution in [0.3, 0.4) is 0 Å². The summed E-state index contributed by atoms with van der Waals surface area (Å²) in [6.45, 7) is 2.14. The maximum absolute atomic E-state index is 12.9. The molecule has 2 unspecified atom stereocenters. The van der Waals surface area contributed by atoms with E-state index in [0.29, 0.717) is 6.42 Å². The van der Waals surface area contributed by atoms with Crippen molar-refractivity contribution in [2.75, 3.05) is 13.2 Å². The molecule has 2 amide bonds. The molecule has 2 aromatic carbocycles. The summed E-state index contributed by atoms with van der Waals surface area (Å²) < 4.78 is 5.62. The fourth-order valence-electron chi connectivity index (χ4n) is 4.93. The zero-order valence-corrected chi connectivity index (χ0v) is 19.5. The van der Waals surface area contributed by atoms with Gasteiger partial charge in [0, 0.05) is 12.5 Å². The van der Waals surface area contributed by atoms with Gasteiger partial charge in [0.15, 0.2) is 0 Å². The van der Waals surface area contributed by atoms with Crippen molar-refractivity contribution in [3.8, 4) is 11.1 Å². The number of rotatable bonds is 10. The third-order valence-corrected chi connectivity index (χ3v) is 7.03. The molecule has 0 aliphatic heterocycles. The molecule has 2 aliphatic carbocycles. The van der Waals surface area contributed by atoms with Crippen LogP contribution in [0.4, 0.5) is 4.79 Å². The van der Waals surface area contributed by atoms with Gasteiger partial charge < -0.3 is 20.5 Å². The highest BCUT2D eigenvalue weighted by Gasteiger charge is 2.35. The number of carbonyl (C=O) groups excluding carboxylic acids is 2. The highest BCUT2D eigenvalue weighted by atomic mass is 16.5. The van der Waals surface area contributed by atoms with E-state index in [0.717, 1.165) is 47.9 Å². The van der Waals surface area contributed by atoms with Crippen LogP contribution in [0, 0.1) is 11.8 Å². The van der Waals surface area contributed by atoms with Crippen molar-refractivity contribution >= 4 is 18.0 Å². The van der Waals surface area contributed by atoms with Crippen LogP contribution >= 0.6 is 0 Å². The van der Waals surface area contributed by atoms with E-state index in [4.69, 9.17) is 4.74 Å². The molecule has 1 fully saturated rings. The quantitative estimate of drug-likeness (QED) is 0.486. The highest BCUT2D eigenvalue weighted by Crippen LogP contribution is 2.44. The fraction of sp³-hybridized carbons (Fsp3) is 0.444. The Morgan fingerprint density at radius 1 is 1.03 bits per heavy atom. The van der Waals surface area contributed by atoms with Crippen LogP contribution in [0.15, 0.2) is 48.5 Å². The topological polar surface area (TPSA) is 105 Å². The van der Waals surface area contributed by atoms with E-state index in [1.807, 2.05) is 31.2 Å². The summed E-state index contributed by atoms with van der Waals surface area (Å²) in [6, 6.07) is 15.5. The van der Waals surface area contributed by atoms with E-state index >= 15 is 0 Å². The van der Waals surface area contributed by atoms with Gasteiger partial charge in [-0.2, -0.15) is 0 Å². The number of hydrogen-bond donors (Lipinski definition) is 3. The van der Waals surface area contributed by atoms with Gasteiger partial charge >= 0.3 is 12.1 Å². The Balaban J connectivity index is 1.38. The lowest BCUT2D eigenvalue weighted by Gasteiger charge is -2.33. The molecule has 180 valence electrons. The Morgan fingerprint density at radius 2 is 1.65 bits per heavy atom. The summed E-state index contributed by atoms with van der Waals surface area (Å²) in [5, 5.41) is 14.8. The molecule has 0 spiro atoms. The van der Waals surface area contributed by atoms with Gasteiger partial charge in [0.05, 0.1) is 5.92 Å². The number of hydrogen-bond acceptors (Lipinski definition) is 4. The summed E-state index contributed by atoms with van der Waals surface area (Å²) in [4.78, 5) is 37.0. The Morgan fingerprint density at radius 3 is 2.18 bits per heavy atom. The normalized spacial score (nSPS) is 16.5. The van der Waals surface area contributed by atoms with E-state index in [1.54, 1.807) is 0 Å². The first kappa shape index (κ1) is 23.8. The molecule has 2 atom stereocenters. The Hall–Kier alpha value is -3.35. The SMILES string of the molecule is CCCC(CNC(=O)C(NC(=O)OCC1c2ccccc2-c2ccccc21)C1CCC1)C(=O)O. The number of fused-ring (bicyclic) bond motifs is 3. The predicted octanol–water partition coefficient (Wildman–Crippen LogP) is 4.31. The van der Waals surface area contributed by atoms with Crippen LogP contribution in [0.1, 0.15) is 56.1 Å². The fourth-order valence-corrected chi connectivity index (χ4v) is 4.93. The lowest BCUT2D eigenvalue weighted by atomic mass is 9.79. The zero-order valence-electron chi connectivity index (χ0n) is 19.5. The van der Waals surface area contributed by atoms with Crippen LogP contribution in [0.25, 0.3) is 11.1 Å². The molecule has 0 radical (unpaired) electrons. The molecule has 7 nitrogen and oxygen atoms in total. The number of benzene rings is 2. The molecule has 7 heteroatoms. The molecule has 0 saturated heterocycles. The molecule has 2 aliphatic rings. The average molecular weight is 465 g/mol. The smallest absolute Gasteiger partial charge is 0.407 e. The van der Waals surface area contributed by atoms with Crippen LogP contribution in [0.5, 0.6) is 0 Å². The Kier molecular flexibility index (Phi) is 7.50. The zero-order chi connectivity index (χ0) is 24.1. The van der Waals surface area contributed by atoms with Crippen LogP contribution in [0.2, 0.25) is 0 Å². The minimum atomic E-state index is -0.924. The Labute approximate surface area is 199 Å². The summed E-state index contributed by atoms with van der Waals surface area (Å²) >= 11 is 0. The van der Waals surface area contributed by atoms with Gasteiger partial charge in [-0.1, -0.05) is 68.3 Å². The lowest BCUT2D eigenvalue weighted by Crippen LogP contribution is -2.53. The van der Waals surface area contributed by atoms with E-state index in [9.17, 15) is 19.5 Å². The number of alkyl carbamates (subject to hydrolysis) is 1. The van der Waals surface area contributed by atoms with Crippen molar-refractivity contribution in [1.29, 1.82) is 0 Å². The monoisotopic (exact) mass is 464 g/mol. The average Bonchev–Trinajstić information content (AvgIpc) is 3.12. The van der Waals surface area contributed by atoms with Crippen LogP contribution in [-0.4, -0.2) is 42.3 Å². The third-order valence-electron chi connectivity index (χ3n) is 7.03. The number of carbonyl (C=O) groups is 3. The summed E-state index contributed by atoms with van der Waals surface area (Å²) in [7, 11) is 0. The second-order valence-electron chi connectivity index (χ2n) is 9.21. The third kappa shape index (κ3) is 5.08. The van der Waals surface area contributed by atoms with Crippen molar-refractivity contribution in [2.24, 2.45) is 11.8 Å². The maximum Gasteiger partial charge on any atom is 0.407 e. The molecular formula is C27H32N2O5. The highest BCUT2D eigenvalue weighted by molar-refractivity contribution is 5.86. The number of ether oxygens (including phenoxy) is 1. The molecule has 0 bridgehead atoms. The summed E-state index contributed by atoms with van der Waals surface area (Å²) in [5.41, 5.74) is 4.55. The standard InChI is InChI=1S/C27H32N2O5/c1-2-8-18(26(31)32)15-28-25(30)24(17-9-7-10-17)29-27(33)34-16-23-21-13-5-3-11-19(21)20-12-4-6-14-22(20)23/h3-6,11-14,17-18,23-24H,2,7-10,15-16H2,1H3,(H,28,30)(H,29,33)(H,31,32). The first-order valence-corrected chi connectivity index (χ1v) is 12.1. The summed E-state index contributed by atoms with van der Waals surface area (Å²) in [6.07, 6.45) is 3.28.